The maximum absolute atomic E-state index is 8.68. The topological polar surface area (TPSA) is 59.0 Å². The Balaban J connectivity index is 3.36. The fraction of sp³-hybridized carbons (Fsp3) is 0.222. The van der Waals surface area contributed by atoms with Crippen molar-refractivity contribution in [1.29, 1.82) is 5.26 Å². The third kappa shape index (κ3) is 1.19. The fourth-order valence-corrected chi connectivity index (χ4v) is 1.10. The van der Waals surface area contributed by atoms with Crippen LogP contribution in [0.3, 0.4) is 0 Å². The van der Waals surface area contributed by atoms with Gasteiger partial charge >= 0.3 is 0 Å². The first-order valence-corrected chi connectivity index (χ1v) is 3.54. The number of rotatable bonds is 1. The first kappa shape index (κ1) is 8.41. The molecule has 1 aromatic carbocycles. The zero-order valence-corrected chi connectivity index (χ0v) is 7.09. The molecule has 0 radical (unpaired) electrons. The summed E-state index contributed by atoms with van der Waals surface area (Å²) in [6.07, 6.45) is 0. The lowest BCUT2D eigenvalue weighted by Gasteiger charge is -2.08. The molecule has 0 heterocycles. The van der Waals surface area contributed by atoms with Crippen molar-refractivity contribution in [3.63, 3.8) is 0 Å². The van der Waals surface area contributed by atoms with Crippen LogP contribution in [0.15, 0.2) is 12.1 Å². The number of ether oxygens (including phenoxy) is 1. The summed E-state index contributed by atoms with van der Waals surface area (Å²) >= 11 is 0. The lowest BCUT2D eigenvalue weighted by molar-refractivity contribution is 0.414. The first-order valence-electron chi connectivity index (χ1n) is 3.54. The van der Waals surface area contributed by atoms with Crippen LogP contribution in [0.25, 0.3) is 0 Å². The quantitative estimate of drug-likeness (QED) is 0.636. The number of nitriles is 1. The van der Waals surface area contributed by atoms with E-state index in [1.54, 1.807) is 19.2 Å². The van der Waals surface area contributed by atoms with Gasteiger partial charge in [0, 0.05) is 5.56 Å². The van der Waals surface area contributed by atoms with Crippen molar-refractivity contribution >= 4 is 5.69 Å². The summed E-state index contributed by atoms with van der Waals surface area (Å²) < 4.78 is 5.04. The Morgan fingerprint density at radius 2 is 2.17 bits per heavy atom. The third-order valence-corrected chi connectivity index (χ3v) is 1.76. The summed E-state index contributed by atoms with van der Waals surface area (Å²) in [6, 6.07) is 5.42. The van der Waals surface area contributed by atoms with Gasteiger partial charge in [-0.25, -0.2) is 0 Å². The predicted octanol–water partition coefficient (Wildman–Crippen LogP) is 1.46. The molecule has 0 unspecified atom stereocenters. The van der Waals surface area contributed by atoms with Gasteiger partial charge in [-0.05, 0) is 19.1 Å². The molecule has 0 aliphatic heterocycles. The molecule has 0 aliphatic rings. The monoisotopic (exact) mass is 162 g/mol. The fourth-order valence-electron chi connectivity index (χ4n) is 1.10. The number of nitrogens with two attached hydrogens (primary N) is 1. The molecule has 1 rings (SSSR count). The van der Waals surface area contributed by atoms with Crippen molar-refractivity contribution in [3.8, 4) is 11.8 Å². The Kier molecular flexibility index (Phi) is 2.20. The molecule has 3 heteroatoms. The van der Waals surface area contributed by atoms with E-state index in [1.807, 2.05) is 6.92 Å². The van der Waals surface area contributed by atoms with Gasteiger partial charge in [0.2, 0.25) is 0 Å². The second-order valence-corrected chi connectivity index (χ2v) is 2.47. The normalized spacial score (nSPS) is 9.08. The smallest absolute Gasteiger partial charge is 0.145 e. The third-order valence-electron chi connectivity index (χ3n) is 1.76. The second-order valence-electron chi connectivity index (χ2n) is 2.47. The summed E-state index contributed by atoms with van der Waals surface area (Å²) in [6.45, 7) is 1.81. The number of methoxy groups -OCH3 is 1. The van der Waals surface area contributed by atoms with Crippen LogP contribution in [0.4, 0.5) is 5.69 Å². The summed E-state index contributed by atoms with van der Waals surface area (Å²) in [4.78, 5) is 0. The molecule has 0 atom stereocenters. The minimum Gasteiger partial charge on any atom is -0.494 e. The highest BCUT2D eigenvalue weighted by Crippen LogP contribution is 2.27. The van der Waals surface area contributed by atoms with Crippen LogP contribution >= 0.6 is 0 Å². The molecule has 0 aromatic heterocycles. The Labute approximate surface area is 71.4 Å². The zero-order valence-electron chi connectivity index (χ0n) is 7.09. The first-order chi connectivity index (χ1) is 5.70. The van der Waals surface area contributed by atoms with Crippen molar-refractivity contribution < 1.29 is 4.74 Å². The van der Waals surface area contributed by atoms with Crippen LogP contribution in [0.1, 0.15) is 11.1 Å². The summed E-state index contributed by atoms with van der Waals surface area (Å²) in [5.74, 6) is 0.592. The Morgan fingerprint density at radius 1 is 1.50 bits per heavy atom. The minimum atomic E-state index is 0.564. The van der Waals surface area contributed by atoms with Crippen LogP contribution in [0, 0.1) is 18.3 Å². The maximum atomic E-state index is 8.68. The van der Waals surface area contributed by atoms with Crippen LogP contribution < -0.4 is 10.5 Å². The number of nitrogen functional groups attached to an aromatic ring is 1. The molecule has 2 N–H and O–H groups in total. The molecular formula is C9H10N2O. The largest absolute Gasteiger partial charge is 0.494 e. The number of benzene rings is 1. The molecule has 12 heavy (non-hydrogen) atoms. The van der Waals surface area contributed by atoms with Crippen molar-refractivity contribution in [2.75, 3.05) is 12.8 Å². The maximum Gasteiger partial charge on any atom is 0.145 e. The standard InChI is InChI=1S/C9H10N2O/c1-6-7(5-10)3-4-8(11)9(6)12-2/h3-4H,11H2,1-2H3. The van der Waals surface area contributed by atoms with Crippen molar-refractivity contribution in [2.24, 2.45) is 0 Å². The number of hydrogen-bond acceptors (Lipinski definition) is 3. The lowest BCUT2D eigenvalue weighted by atomic mass is 10.1. The summed E-state index contributed by atoms with van der Waals surface area (Å²) in [5, 5.41) is 8.68. The van der Waals surface area contributed by atoms with Crippen LogP contribution in [-0.2, 0) is 0 Å². The Hall–Kier alpha value is -1.69. The molecule has 0 spiro atoms. The molecule has 62 valence electrons. The number of anilines is 1. The van der Waals surface area contributed by atoms with E-state index < -0.39 is 0 Å². The van der Waals surface area contributed by atoms with E-state index in [2.05, 4.69) is 6.07 Å². The predicted molar refractivity (Wildman–Crippen MR) is 46.9 cm³/mol. The van der Waals surface area contributed by atoms with Crippen molar-refractivity contribution in [1.82, 2.24) is 0 Å². The molecular weight excluding hydrogens is 152 g/mol. The molecule has 0 bridgehead atoms. The van der Waals surface area contributed by atoms with E-state index in [-0.39, 0.29) is 0 Å². The van der Waals surface area contributed by atoms with Crippen molar-refractivity contribution in [2.45, 2.75) is 6.92 Å². The van der Waals surface area contributed by atoms with Gasteiger partial charge in [-0.1, -0.05) is 0 Å². The van der Waals surface area contributed by atoms with Crippen LogP contribution in [0.5, 0.6) is 5.75 Å². The van der Waals surface area contributed by atoms with Gasteiger partial charge in [0.25, 0.3) is 0 Å². The van der Waals surface area contributed by atoms with Gasteiger partial charge < -0.3 is 10.5 Å². The van der Waals surface area contributed by atoms with Gasteiger partial charge in [0.1, 0.15) is 5.75 Å². The molecule has 1 aromatic rings. The van der Waals surface area contributed by atoms with Gasteiger partial charge in [-0.3, -0.25) is 0 Å². The van der Waals surface area contributed by atoms with Gasteiger partial charge in [-0.2, -0.15) is 5.26 Å². The Morgan fingerprint density at radius 3 is 2.67 bits per heavy atom. The van der Waals surface area contributed by atoms with E-state index in [4.69, 9.17) is 15.7 Å². The molecule has 0 fully saturated rings. The zero-order chi connectivity index (χ0) is 9.14. The van der Waals surface area contributed by atoms with E-state index in [0.717, 1.165) is 5.56 Å². The average Bonchev–Trinajstić information content (AvgIpc) is 2.06. The van der Waals surface area contributed by atoms with E-state index in [1.165, 1.54) is 0 Å². The van der Waals surface area contributed by atoms with E-state index >= 15 is 0 Å². The van der Waals surface area contributed by atoms with Crippen LogP contribution in [-0.4, -0.2) is 7.11 Å². The number of nitrogens with zero attached hydrogens (tertiary/aromatic N) is 1. The molecule has 0 saturated carbocycles. The molecule has 3 nitrogen and oxygen atoms in total. The molecule has 0 saturated heterocycles. The highest BCUT2D eigenvalue weighted by atomic mass is 16.5. The van der Waals surface area contributed by atoms with Gasteiger partial charge in [0.15, 0.2) is 0 Å². The lowest BCUT2D eigenvalue weighted by Crippen LogP contribution is -1.96. The van der Waals surface area contributed by atoms with Crippen molar-refractivity contribution in [3.05, 3.63) is 23.3 Å². The van der Waals surface area contributed by atoms with E-state index in [0.29, 0.717) is 17.0 Å². The average molecular weight is 162 g/mol. The highest BCUT2D eigenvalue weighted by molar-refractivity contribution is 5.61. The molecule has 0 amide bonds. The number of hydrogen-bond donors (Lipinski definition) is 1. The van der Waals surface area contributed by atoms with E-state index in [9.17, 15) is 0 Å². The Bertz CT molecular complexity index is 339. The van der Waals surface area contributed by atoms with Crippen LogP contribution in [0.2, 0.25) is 0 Å². The second kappa shape index (κ2) is 3.14. The van der Waals surface area contributed by atoms with Gasteiger partial charge in [0.05, 0.1) is 24.4 Å². The van der Waals surface area contributed by atoms with Gasteiger partial charge in [-0.15, -0.1) is 0 Å². The summed E-state index contributed by atoms with van der Waals surface area (Å²) in [5.41, 5.74) is 7.57. The molecule has 0 aliphatic carbocycles. The highest BCUT2D eigenvalue weighted by Gasteiger charge is 2.06. The SMILES string of the molecule is COc1c(N)ccc(C#N)c1C. The minimum absolute atomic E-state index is 0.564. The summed E-state index contributed by atoms with van der Waals surface area (Å²) in [7, 11) is 1.54.